The largest absolute Gasteiger partial charge is 0.475 e. The van der Waals surface area contributed by atoms with Crippen LogP contribution < -0.4 is 5.73 Å². The summed E-state index contributed by atoms with van der Waals surface area (Å²) in [7, 11) is -4.04. The third kappa shape index (κ3) is 4.22. The maximum Gasteiger partial charge on any atom is 0.475 e. The number of aliphatic hydroxyl groups excluding tert-OH is 1. The molecule has 4 heterocycles. The zero-order chi connectivity index (χ0) is 24.8. The Morgan fingerprint density at radius 2 is 2.17 bits per heavy atom. The van der Waals surface area contributed by atoms with Crippen molar-refractivity contribution in [3.8, 4) is 6.07 Å². The Labute approximate surface area is 200 Å². The number of phosphoric ester groups is 1. The van der Waals surface area contributed by atoms with Gasteiger partial charge in [-0.2, -0.15) is 5.26 Å². The minimum atomic E-state index is -4.04. The molecule has 3 aromatic rings. The van der Waals surface area contributed by atoms with Crippen molar-refractivity contribution in [1.82, 2.24) is 14.5 Å². The van der Waals surface area contributed by atoms with E-state index in [2.05, 4.69) is 16.0 Å². The van der Waals surface area contributed by atoms with Crippen LogP contribution in [-0.2, 0) is 22.9 Å². The molecule has 12 nitrogen and oxygen atoms in total. The van der Waals surface area contributed by atoms with Crippen LogP contribution in [0.2, 0.25) is 0 Å². The number of ether oxygens (including phenoxy) is 1. The van der Waals surface area contributed by atoms with Crippen LogP contribution in [0, 0.1) is 11.3 Å². The van der Waals surface area contributed by atoms with Crippen molar-refractivity contribution in [2.75, 3.05) is 18.9 Å². The van der Waals surface area contributed by atoms with Crippen LogP contribution in [0.4, 0.5) is 5.82 Å². The number of nitrogen functional groups attached to an aromatic ring is 1. The summed E-state index contributed by atoms with van der Waals surface area (Å²) < 4.78 is 37.1. The molecular weight excluding hydrogens is 477 g/mol. The number of fused-ring (bicyclic) bond motifs is 1. The lowest BCUT2D eigenvalue weighted by Crippen LogP contribution is -2.44. The summed E-state index contributed by atoms with van der Waals surface area (Å²) in [5.41, 5.74) is 5.56. The normalized spacial score (nSPS) is 33.1. The van der Waals surface area contributed by atoms with E-state index in [1.807, 2.05) is 0 Å². The van der Waals surface area contributed by atoms with E-state index >= 15 is 0 Å². The van der Waals surface area contributed by atoms with Crippen LogP contribution in [0.5, 0.6) is 0 Å². The first kappa shape index (κ1) is 23.8. The van der Waals surface area contributed by atoms with E-state index in [1.165, 1.54) is 13.3 Å². The summed E-state index contributed by atoms with van der Waals surface area (Å²) in [5, 5.41) is 31.8. The van der Waals surface area contributed by atoms with Gasteiger partial charge in [0.2, 0.25) is 0 Å². The molecule has 35 heavy (non-hydrogen) atoms. The van der Waals surface area contributed by atoms with Gasteiger partial charge in [0.25, 0.3) is 0 Å². The van der Waals surface area contributed by atoms with Gasteiger partial charge in [-0.25, -0.2) is 14.5 Å². The summed E-state index contributed by atoms with van der Waals surface area (Å²) in [6.07, 6.45) is -0.852. The van der Waals surface area contributed by atoms with Crippen LogP contribution in [0.15, 0.2) is 42.9 Å². The fraction of sp³-hybridized carbons (Fsp3) is 0.409. The maximum atomic E-state index is 13.2. The van der Waals surface area contributed by atoms with Gasteiger partial charge in [-0.1, -0.05) is 18.2 Å². The van der Waals surface area contributed by atoms with Crippen LogP contribution in [-0.4, -0.2) is 55.8 Å². The maximum absolute atomic E-state index is 13.2. The molecule has 13 heteroatoms. The molecular formula is C22H24N5O7P. The molecule has 5 rings (SSSR count). The number of aliphatic hydroxyl groups is 2. The standard InChI is InChI=1S/C22H24N5O7P/c1-22(29)18(28)17(33-21(22)27-8-6-15-19(24)25-12-26-20(15)27)11-32-35(30)31-9-7-16(34-35)14-5-3-2-4-13(14)10-23/h2-6,8,12,16-18,21,28-29H,7,9,11H2,1H3,(H2,24,25,26)/t16-,17-,18-,21-,22-,35+/m1/s1. The molecule has 1 aromatic carbocycles. The summed E-state index contributed by atoms with van der Waals surface area (Å²) in [6.45, 7) is 1.13. The van der Waals surface area contributed by atoms with Gasteiger partial charge in [0, 0.05) is 12.6 Å². The second kappa shape index (κ2) is 8.96. The van der Waals surface area contributed by atoms with Crippen molar-refractivity contribution in [1.29, 1.82) is 5.26 Å². The smallest absolute Gasteiger partial charge is 0.387 e. The molecule has 0 saturated carbocycles. The predicted molar refractivity (Wildman–Crippen MR) is 122 cm³/mol. The van der Waals surface area contributed by atoms with Crippen molar-refractivity contribution < 1.29 is 33.1 Å². The topological polar surface area (TPSA) is 175 Å². The molecule has 2 aliphatic heterocycles. The van der Waals surface area contributed by atoms with E-state index in [0.29, 0.717) is 28.6 Å². The lowest BCUT2D eigenvalue weighted by molar-refractivity contribution is -0.0950. The Morgan fingerprint density at radius 3 is 2.97 bits per heavy atom. The number of nitrogens with zero attached hydrogens (tertiary/aromatic N) is 4. The Balaban J connectivity index is 1.32. The SMILES string of the molecule is C[C@@]1(O)[C@H](O)[C@@H](CO[P@]2(=O)OCC[C@H](c3ccccc3C#N)O2)O[C@H]1n1ccc2c(N)ncnc21. The number of hydrogen-bond donors (Lipinski definition) is 3. The van der Waals surface area contributed by atoms with Gasteiger partial charge in [0.1, 0.15) is 35.6 Å². The Hall–Kier alpha value is -2.88. The molecule has 184 valence electrons. The van der Waals surface area contributed by atoms with Gasteiger partial charge in [0.05, 0.1) is 36.3 Å². The van der Waals surface area contributed by atoms with Crippen molar-refractivity contribution in [2.24, 2.45) is 0 Å². The average molecular weight is 501 g/mol. The highest BCUT2D eigenvalue weighted by atomic mass is 31.2. The number of anilines is 1. The minimum absolute atomic E-state index is 0.0899. The van der Waals surface area contributed by atoms with Crippen molar-refractivity contribution >= 4 is 24.7 Å². The Kier molecular flexibility index (Phi) is 6.11. The summed E-state index contributed by atoms with van der Waals surface area (Å²) in [6, 6.07) is 10.6. The monoisotopic (exact) mass is 501 g/mol. The van der Waals surface area contributed by atoms with Gasteiger partial charge >= 0.3 is 7.82 Å². The highest BCUT2D eigenvalue weighted by molar-refractivity contribution is 7.48. The van der Waals surface area contributed by atoms with E-state index in [9.17, 15) is 20.0 Å². The number of aromatic nitrogens is 3. The second-order valence-electron chi connectivity index (χ2n) is 8.57. The molecule has 0 bridgehead atoms. The molecule has 2 saturated heterocycles. The van der Waals surface area contributed by atoms with Crippen LogP contribution in [0.3, 0.4) is 0 Å². The highest BCUT2D eigenvalue weighted by Crippen LogP contribution is 2.57. The van der Waals surface area contributed by atoms with Crippen LogP contribution in [0.1, 0.15) is 36.8 Å². The lowest BCUT2D eigenvalue weighted by Gasteiger charge is -2.30. The number of phosphoric acid groups is 1. The fourth-order valence-corrected chi connectivity index (χ4v) is 5.78. The minimum Gasteiger partial charge on any atom is -0.387 e. The Bertz CT molecular complexity index is 1340. The van der Waals surface area contributed by atoms with Gasteiger partial charge in [-0.05, 0) is 24.6 Å². The van der Waals surface area contributed by atoms with Crippen LogP contribution >= 0.6 is 7.82 Å². The molecule has 0 aliphatic carbocycles. The summed E-state index contributed by atoms with van der Waals surface area (Å²) >= 11 is 0. The highest BCUT2D eigenvalue weighted by Gasteiger charge is 2.54. The summed E-state index contributed by atoms with van der Waals surface area (Å²) in [5.74, 6) is 0.268. The fourth-order valence-electron chi connectivity index (χ4n) is 4.39. The predicted octanol–water partition coefficient (Wildman–Crippen LogP) is 2.20. The van der Waals surface area contributed by atoms with Crippen molar-refractivity contribution in [3.05, 3.63) is 54.0 Å². The van der Waals surface area contributed by atoms with E-state index in [0.717, 1.165) is 0 Å². The lowest BCUT2D eigenvalue weighted by atomic mass is 9.96. The number of nitrogens with two attached hydrogens (primary N) is 1. The molecule has 2 aromatic heterocycles. The number of nitriles is 1. The third-order valence-electron chi connectivity index (χ3n) is 6.26. The van der Waals surface area contributed by atoms with Crippen LogP contribution in [0.25, 0.3) is 11.0 Å². The summed E-state index contributed by atoms with van der Waals surface area (Å²) in [4.78, 5) is 8.15. The number of rotatable bonds is 5. The van der Waals surface area contributed by atoms with Gasteiger partial charge in [-0.15, -0.1) is 0 Å². The average Bonchev–Trinajstić information content (AvgIpc) is 3.37. The molecule has 0 spiro atoms. The van der Waals surface area contributed by atoms with E-state index in [-0.39, 0.29) is 19.0 Å². The first-order valence-corrected chi connectivity index (χ1v) is 12.4. The van der Waals surface area contributed by atoms with E-state index < -0.39 is 38.0 Å². The number of hydrogen-bond acceptors (Lipinski definition) is 11. The third-order valence-corrected chi connectivity index (χ3v) is 7.73. The van der Waals surface area contributed by atoms with E-state index in [1.54, 1.807) is 41.1 Å². The first-order chi connectivity index (χ1) is 16.7. The molecule has 0 amide bonds. The Morgan fingerprint density at radius 1 is 1.37 bits per heavy atom. The van der Waals surface area contributed by atoms with Crippen molar-refractivity contribution in [2.45, 2.75) is 43.5 Å². The van der Waals surface area contributed by atoms with Gasteiger partial charge in [0.15, 0.2) is 6.23 Å². The van der Waals surface area contributed by atoms with Gasteiger partial charge in [-0.3, -0.25) is 13.6 Å². The number of benzene rings is 1. The van der Waals surface area contributed by atoms with E-state index in [4.69, 9.17) is 24.0 Å². The first-order valence-electron chi connectivity index (χ1n) is 10.9. The van der Waals surface area contributed by atoms with Crippen molar-refractivity contribution in [3.63, 3.8) is 0 Å². The zero-order valence-corrected chi connectivity index (χ0v) is 19.6. The second-order valence-corrected chi connectivity index (χ2v) is 10.2. The molecule has 6 atom stereocenters. The molecule has 2 fully saturated rings. The molecule has 4 N–H and O–H groups in total. The quantitative estimate of drug-likeness (QED) is 0.437. The molecule has 0 radical (unpaired) electrons. The zero-order valence-electron chi connectivity index (χ0n) is 18.7. The van der Waals surface area contributed by atoms with Gasteiger partial charge < -0.3 is 25.3 Å². The molecule has 0 unspecified atom stereocenters. The molecule has 2 aliphatic rings.